The first-order valence-electron chi connectivity index (χ1n) is 4.89. The van der Waals surface area contributed by atoms with Gasteiger partial charge in [-0.1, -0.05) is 11.6 Å². The standard InChI is InChI=1S/C11H16ClNOS/c1-8(2)14-5-6-15-11-7-9(12)3-4-10(11)13/h3-4,7-8H,5-6,13H2,1-2H3. The second-order valence-corrected chi connectivity index (χ2v) is 5.02. The lowest BCUT2D eigenvalue weighted by Gasteiger charge is -2.08. The number of benzene rings is 1. The molecular weight excluding hydrogens is 230 g/mol. The van der Waals surface area contributed by atoms with Crippen molar-refractivity contribution in [1.82, 2.24) is 0 Å². The van der Waals surface area contributed by atoms with Crippen molar-refractivity contribution in [1.29, 1.82) is 0 Å². The molecule has 0 amide bonds. The summed E-state index contributed by atoms with van der Waals surface area (Å²) in [5, 5.41) is 0.719. The van der Waals surface area contributed by atoms with Crippen molar-refractivity contribution in [2.75, 3.05) is 18.1 Å². The first-order valence-corrected chi connectivity index (χ1v) is 6.25. The van der Waals surface area contributed by atoms with E-state index in [1.807, 2.05) is 26.0 Å². The Labute approximate surface area is 100 Å². The maximum Gasteiger partial charge on any atom is 0.0563 e. The van der Waals surface area contributed by atoms with Gasteiger partial charge >= 0.3 is 0 Å². The lowest BCUT2D eigenvalue weighted by atomic mass is 10.3. The molecule has 0 fully saturated rings. The van der Waals surface area contributed by atoms with Crippen molar-refractivity contribution >= 4 is 29.1 Å². The molecule has 0 heterocycles. The predicted molar refractivity (Wildman–Crippen MR) is 67.7 cm³/mol. The highest BCUT2D eigenvalue weighted by Gasteiger charge is 2.01. The van der Waals surface area contributed by atoms with Crippen LogP contribution in [0.5, 0.6) is 0 Å². The van der Waals surface area contributed by atoms with Crippen molar-refractivity contribution < 1.29 is 4.74 Å². The van der Waals surface area contributed by atoms with E-state index in [9.17, 15) is 0 Å². The van der Waals surface area contributed by atoms with Gasteiger partial charge < -0.3 is 10.5 Å². The molecule has 2 N–H and O–H groups in total. The van der Waals surface area contributed by atoms with Crippen LogP contribution in [0.25, 0.3) is 0 Å². The quantitative estimate of drug-likeness (QED) is 0.490. The van der Waals surface area contributed by atoms with Gasteiger partial charge in [-0.05, 0) is 32.0 Å². The third-order valence-corrected chi connectivity index (χ3v) is 3.04. The monoisotopic (exact) mass is 245 g/mol. The molecule has 0 unspecified atom stereocenters. The smallest absolute Gasteiger partial charge is 0.0563 e. The molecule has 84 valence electrons. The van der Waals surface area contributed by atoms with Crippen LogP contribution in [0.1, 0.15) is 13.8 Å². The van der Waals surface area contributed by atoms with E-state index in [0.29, 0.717) is 0 Å². The van der Waals surface area contributed by atoms with E-state index < -0.39 is 0 Å². The van der Waals surface area contributed by atoms with Crippen molar-refractivity contribution in [3.05, 3.63) is 23.2 Å². The average molecular weight is 246 g/mol. The third kappa shape index (κ3) is 4.78. The van der Waals surface area contributed by atoms with Gasteiger partial charge in [0.1, 0.15) is 0 Å². The summed E-state index contributed by atoms with van der Waals surface area (Å²) in [6, 6.07) is 5.51. The number of nitrogens with two attached hydrogens (primary N) is 1. The van der Waals surface area contributed by atoms with Gasteiger partial charge in [0.15, 0.2) is 0 Å². The average Bonchev–Trinajstić information content (AvgIpc) is 2.17. The Kier molecular flexibility index (Phi) is 5.29. The van der Waals surface area contributed by atoms with E-state index in [2.05, 4.69) is 0 Å². The van der Waals surface area contributed by atoms with Crippen molar-refractivity contribution in [2.45, 2.75) is 24.8 Å². The lowest BCUT2D eigenvalue weighted by molar-refractivity contribution is 0.0920. The molecule has 0 aliphatic heterocycles. The van der Waals surface area contributed by atoms with Crippen molar-refractivity contribution in [2.24, 2.45) is 0 Å². The molecule has 0 bridgehead atoms. The predicted octanol–water partition coefficient (Wildman–Crippen LogP) is 3.44. The summed E-state index contributed by atoms with van der Waals surface area (Å²) in [7, 11) is 0. The Morgan fingerprint density at radius 1 is 1.47 bits per heavy atom. The zero-order valence-corrected chi connectivity index (χ0v) is 10.6. The molecule has 2 nitrogen and oxygen atoms in total. The topological polar surface area (TPSA) is 35.2 Å². The molecule has 0 spiro atoms. The summed E-state index contributed by atoms with van der Waals surface area (Å²) in [4.78, 5) is 1.02. The number of rotatable bonds is 5. The van der Waals surface area contributed by atoms with Gasteiger partial charge in [0.25, 0.3) is 0 Å². The molecule has 0 atom stereocenters. The fourth-order valence-corrected chi connectivity index (χ4v) is 2.15. The molecule has 0 saturated carbocycles. The van der Waals surface area contributed by atoms with Crippen LogP contribution in [0.2, 0.25) is 5.02 Å². The number of anilines is 1. The summed E-state index contributed by atoms with van der Waals surface area (Å²) in [5.74, 6) is 0.892. The molecule has 15 heavy (non-hydrogen) atoms. The SMILES string of the molecule is CC(C)OCCSc1cc(Cl)ccc1N. The molecular formula is C11H16ClNOS. The second kappa shape index (κ2) is 6.26. The number of nitrogen functional groups attached to an aromatic ring is 1. The molecule has 0 saturated heterocycles. The number of ether oxygens (including phenoxy) is 1. The zero-order valence-electron chi connectivity index (χ0n) is 9.00. The summed E-state index contributed by atoms with van der Waals surface area (Å²) < 4.78 is 5.44. The minimum absolute atomic E-state index is 0.280. The van der Waals surface area contributed by atoms with Gasteiger partial charge in [-0.25, -0.2) is 0 Å². The van der Waals surface area contributed by atoms with E-state index in [1.54, 1.807) is 17.8 Å². The van der Waals surface area contributed by atoms with Crippen LogP contribution in [0, 0.1) is 0 Å². The Bertz CT molecular complexity index is 317. The largest absolute Gasteiger partial charge is 0.398 e. The van der Waals surface area contributed by atoms with E-state index in [1.165, 1.54) is 0 Å². The van der Waals surface area contributed by atoms with Crippen LogP contribution in [-0.2, 0) is 4.74 Å². The van der Waals surface area contributed by atoms with Crippen LogP contribution >= 0.6 is 23.4 Å². The molecule has 0 aromatic heterocycles. The normalized spacial score (nSPS) is 10.9. The highest BCUT2D eigenvalue weighted by molar-refractivity contribution is 7.99. The fourth-order valence-electron chi connectivity index (χ4n) is 1.07. The summed E-state index contributed by atoms with van der Waals surface area (Å²) >= 11 is 7.55. The molecule has 1 aromatic carbocycles. The van der Waals surface area contributed by atoms with Crippen LogP contribution < -0.4 is 5.73 Å². The Morgan fingerprint density at radius 3 is 2.87 bits per heavy atom. The van der Waals surface area contributed by atoms with Crippen LogP contribution in [0.3, 0.4) is 0 Å². The van der Waals surface area contributed by atoms with E-state index in [0.717, 1.165) is 28.0 Å². The van der Waals surface area contributed by atoms with E-state index >= 15 is 0 Å². The molecule has 1 rings (SSSR count). The lowest BCUT2D eigenvalue weighted by Crippen LogP contribution is -2.05. The maximum absolute atomic E-state index is 5.88. The third-order valence-electron chi connectivity index (χ3n) is 1.77. The molecule has 1 aromatic rings. The van der Waals surface area contributed by atoms with Gasteiger partial charge in [0, 0.05) is 21.4 Å². The molecule has 0 aliphatic carbocycles. The summed E-state index contributed by atoms with van der Waals surface area (Å²) in [5.41, 5.74) is 6.58. The summed E-state index contributed by atoms with van der Waals surface area (Å²) in [6.07, 6.45) is 0.280. The number of thioether (sulfide) groups is 1. The Balaban J connectivity index is 2.40. The van der Waals surface area contributed by atoms with E-state index in [4.69, 9.17) is 22.1 Å². The van der Waals surface area contributed by atoms with Gasteiger partial charge in [-0.3, -0.25) is 0 Å². The van der Waals surface area contributed by atoms with Gasteiger partial charge in [-0.2, -0.15) is 0 Å². The van der Waals surface area contributed by atoms with Gasteiger partial charge in [0.2, 0.25) is 0 Å². The number of hydrogen-bond acceptors (Lipinski definition) is 3. The van der Waals surface area contributed by atoms with Crippen molar-refractivity contribution in [3.63, 3.8) is 0 Å². The zero-order chi connectivity index (χ0) is 11.3. The first-order chi connectivity index (χ1) is 7.09. The van der Waals surface area contributed by atoms with Gasteiger partial charge in [0.05, 0.1) is 12.7 Å². The number of hydrogen-bond donors (Lipinski definition) is 1. The Morgan fingerprint density at radius 2 is 2.20 bits per heavy atom. The molecule has 0 radical (unpaired) electrons. The fraction of sp³-hybridized carbons (Fsp3) is 0.455. The number of halogens is 1. The minimum Gasteiger partial charge on any atom is -0.398 e. The minimum atomic E-state index is 0.280. The Hall–Kier alpha value is -0.380. The van der Waals surface area contributed by atoms with Gasteiger partial charge in [-0.15, -0.1) is 11.8 Å². The second-order valence-electron chi connectivity index (χ2n) is 3.45. The molecule has 0 aliphatic rings. The van der Waals surface area contributed by atoms with Crippen molar-refractivity contribution in [3.8, 4) is 0 Å². The molecule has 4 heteroatoms. The highest BCUT2D eigenvalue weighted by atomic mass is 35.5. The first kappa shape index (κ1) is 12.7. The van der Waals surface area contributed by atoms with Crippen LogP contribution in [-0.4, -0.2) is 18.5 Å². The highest BCUT2D eigenvalue weighted by Crippen LogP contribution is 2.27. The van der Waals surface area contributed by atoms with Crippen LogP contribution in [0.4, 0.5) is 5.69 Å². The maximum atomic E-state index is 5.88. The van der Waals surface area contributed by atoms with E-state index in [-0.39, 0.29) is 6.10 Å². The van der Waals surface area contributed by atoms with Crippen LogP contribution in [0.15, 0.2) is 23.1 Å². The summed E-state index contributed by atoms with van der Waals surface area (Å²) in [6.45, 7) is 4.78.